The van der Waals surface area contributed by atoms with Gasteiger partial charge in [-0.05, 0) is 46.2 Å². The lowest BCUT2D eigenvalue weighted by Gasteiger charge is -2.47. The second kappa shape index (κ2) is 8.77. The van der Waals surface area contributed by atoms with Crippen LogP contribution in [0.3, 0.4) is 0 Å². The predicted octanol–water partition coefficient (Wildman–Crippen LogP) is 3.08. The van der Waals surface area contributed by atoms with Gasteiger partial charge < -0.3 is 13.8 Å². The van der Waals surface area contributed by atoms with Gasteiger partial charge >= 0.3 is 13.6 Å². The van der Waals surface area contributed by atoms with Crippen LogP contribution in [0.5, 0.6) is 0 Å². The molecule has 24 heavy (non-hydrogen) atoms. The molecule has 0 radical (unpaired) electrons. The Morgan fingerprint density at radius 1 is 1.38 bits per heavy atom. The van der Waals surface area contributed by atoms with Crippen LogP contribution in [0.1, 0.15) is 40.0 Å². The summed E-state index contributed by atoms with van der Waals surface area (Å²) in [4.78, 5) is 13.9. The van der Waals surface area contributed by atoms with E-state index in [9.17, 15) is 14.6 Å². The van der Waals surface area contributed by atoms with Crippen LogP contribution in [0.25, 0.3) is 0 Å². The highest BCUT2D eigenvalue weighted by atomic mass is 31.2. The van der Waals surface area contributed by atoms with E-state index in [0.717, 1.165) is 19.3 Å². The molecule has 1 rings (SSSR count). The molecule has 0 bridgehead atoms. The van der Waals surface area contributed by atoms with E-state index in [2.05, 4.69) is 0 Å². The van der Waals surface area contributed by atoms with Gasteiger partial charge in [0.25, 0.3) is 0 Å². The maximum absolute atomic E-state index is 13.1. The molecule has 1 heterocycles. The quantitative estimate of drug-likeness (QED) is 0.299. The number of likely N-dealkylation sites (tertiary alicyclic amines) is 1. The minimum atomic E-state index is -3.57. The summed E-state index contributed by atoms with van der Waals surface area (Å²) in [6, 6.07) is 1.83. The van der Waals surface area contributed by atoms with E-state index in [4.69, 9.17) is 13.8 Å². The molecule has 0 N–H and O–H groups in total. The first-order valence-electron chi connectivity index (χ1n) is 8.02. The largest absolute Gasteiger partial charge is 0.462 e. The number of nitriles is 1. The average molecular weight is 358 g/mol. The number of ether oxygens (including phenoxy) is 1. The third kappa shape index (κ3) is 4.67. The minimum absolute atomic E-state index is 0.157. The van der Waals surface area contributed by atoms with Crippen LogP contribution in [0.2, 0.25) is 0 Å². The zero-order valence-corrected chi connectivity index (χ0v) is 16.0. The molecule has 1 atom stereocenters. The van der Waals surface area contributed by atoms with Crippen molar-refractivity contribution in [2.45, 2.75) is 51.4 Å². The normalized spacial score (nSPS) is 20.2. The van der Waals surface area contributed by atoms with Gasteiger partial charge in [-0.1, -0.05) is 6.42 Å². The van der Waals surface area contributed by atoms with Crippen LogP contribution >= 0.6 is 7.60 Å². The van der Waals surface area contributed by atoms with Gasteiger partial charge in [0.15, 0.2) is 0 Å². The number of hydrogen-bond donors (Lipinski definition) is 0. The lowest BCUT2D eigenvalue weighted by molar-refractivity contribution is -0.138. The summed E-state index contributed by atoms with van der Waals surface area (Å²) >= 11 is 0. The Bertz CT molecular complexity index is 559. The zero-order valence-electron chi connectivity index (χ0n) is 15.1. The standard InChI is InChI=1S/C16H27N2O5P/c1-6-23-15(19)13(12-17)11-14(24(20,21-4)22-5)18-10-8-7-9-16(18,2)3/h11,14H,6-10H2,1-5H3/b13-11+. The van der Waals surface area contributed by atoms with E-state index < -0.39 is 19.3 Å². The van der Waals surface area contributed by atoms with Crippen LogP contribution in [-0.4, -0.2) is 49.6 Å². The van der Waals surface area contributed by atoms with Crippen LogP contribution in [-0.2, 0) is 23.1 Å². The summed E-state index contributed by atoms with van der Waals surface area (Å²) in [7, 11) is -0.967. The van der Waals surface area contributed by atoms with Crippen molar-refractivity contribution >= 4 is 13.6 Å². The van der Waals surface area contributed by atoms with Crippen molar-refractivity contribution in [2.24, 2.45) is 0 Å². The van der Waals surface area contributed by atoms with Gasteiger partial charge in [0.1, 0.15) is 17.4 Å². The number of esters is 1. The molecule has 0 saturated carbocycles. The summed E-state index contributed by atoms with van der Waals surface area (Å²) in [5.41, 5.74) is -0.459. The number of piperidine rings is 1. The van der Waals surface area contributed by atoms with Crippen LogP contribution < -0.4 is 0 Å². The van der Waals surface area contributed by atoms with Gasteiger partial charge in [0, 0.05) is 19.8 Å². The average Bonchev–Trinajstić information content (AvgIpc) is 2.56. The predicted molar refractivity (Wildman–Crippen MR) is 90.4 cm³/mol. The third-order valence-corrected chi connectivity index (χ3v) is 6.39. The summed E-state index contributed by atoms with van der Waals surface area (Å²) in [6.45, 7) is 6.57. The molecule has 1 saturated heterocycles. The highest BCUT2D eigenvalue weighted by Crippen LogP contribution is 2.55. The molecular formula is C16H27N2O5P. The van der Waals surface area contributed by atoms with E-state index in [1.165, 1.54) is 20.3 Å². The first-order valence-corrected chi connectivity index (χ1v) is 9.64. The fraction of sp³-hybridized carbons (Fsp3) is 0.750. The molecule has 0 aromatic heterocycles. The van der Waals surface area contributed by atoms with Gasteiger partial charge in [-0.2, -0.15) is 5.26 Å². The van der Waals surface area contributed by atoms with E-state index in [1.807, 2.05) is 24.8 Å². The molecule has 8 heteroatoms. The topological polar surface area (TPSA) is 88.9 Å². The van der Waals surface area contributed by atoms with E-state index in [1.54, 1.807) is 6.92 Å². The first-order chi connectivity index (χ1) is 11.3. The van der Waals surface area contributed by atoms with Crippen LogP contribution in [0.15, 0.2) is 11.6 Å². The second-order valence-corrected chi connectivity index (χ2v) is 8.53. The second-order valence-electron chi connectivity index (χ2n) is 6.19. The van der Waals surface area contributed by atoms with Crippen molar-refractivity contribution in [3.63, 3.8) is 0 Å². The molecule has 0 aliphatic carbocycles. The van der Waals surface area contributed by atoms with E-state index in [-0.39, 0.29) is 17.7 Å². The summed E-state index contributed by atoms with van der Waals surface area (Å²) in [5.74, 6) is -1.57. The molecule has 1 fully saturated rings. The lowest BCUT2D eigenvalue weighted by Crippen LogP contribution is -2.52. The summed E-state index contributed by atoms with van der Waals surface area (Å²) < 4.78 is 28.3. The first kappa shape index (κ1) is 20.9. The van der Waals surface area contributed by atoms with Gasteiger partial charge in [0.05, 0.1) is 6.61 Å². The number of hydrogen-bond acceptors (Lipinski definition) is 7. The van der Waals surface area contributed by atoms with Crippen molar-refractivity contribution in [1.29, 1.82) is 5.26 Å². The molecule has 0 amide bonds. The van der Waals surface area contributed by atoms with Crippen molar-refractivity contribution in [1.82, 2.24) is 4.90 Å². The van der Waals surface area contributed by atoms with Crippen molar-refractivity contribution in [3.05, 3.63) is 11.6 Å². The zero-order chi connectivity index (χ0) is 18.4. The van der Waals surface area contributed by atoms with Gasteiger partial charge in [0.2, 0.25) is 0 Å². The Morgan fingerprint density at radius 2 is 2.00 bits per heavy atom. The Kier molecular flexibility index (Phi) is 7.62. The fourth-order valence-electron chi connectivity index (χ4n) is 2.93. The van der Waals surface area contributed by atoms with Crippen LogP contribution in [0, 0.1) is 11.3 Å². The maximum Gasteiger partial charge on any atom is 0.351 e. The molecule has 1 unspecified atom stereocenters. The number of rotatable bonds is 7. The third-order valence-electron chi connectivity index (χ3n) is 4.30. The number of nitrogens with zero attached hydrogens (tertiary/aromatic N) is 2. The van der Waals surface area contributed by atoms with E-state index in [0.29, 0.717) is 6.54 Å². The smallest absolute Gasteiger partial charge is 0.351 e. The Labute approximate surface area is 144 Å². The van der Waals surface area contributed by atoms with Gasteiger partial charge in [-0.15, -0.1) is 0 Å². The highest BCUT2D eigenvalue weighted by molar-refractivity contribution is 7.54. The molecular weight excluding hydrogens is 331 g/mol. The van der Waals surface area contributed by atoms with Gasteiger partial charge in [-0.25, -0.2) is 4.79 Å². The molecule has 1 aliphatic heterocycles. The van der Waals surface area contributed by atoms with Crippen molar-refractivity contribution in [3.8, 4) is 6.07 Å². The molecule has 136 valence electrons. The maximum atomic E-state index is 13.1. The lowest BCUT2D eigenvalue weighted by atomic mass is 9.90. The molecule has 7 nitrogen and oxygen atoms in total. The fourth-order valence-corrected chi connectivity index (χ4v) is 4.61. The minimum Gasteiger partial charge on any atom is -0.462 e. The Hall–Kier alpha value is -1.19. The molecule has 0 aromatic carbocycles. The Balaban J connectivity index is 3.36. The summed E-state index contributed by atoms with van der Waals surface area (Å²) in [5, 5.41) is 9.30. The summed E-state index contributed by atoms with van der Waals surface area (Å²) in [6.07, 6.45) is 4.26. The Morgan fingerprint density at radius 3 is 2.46 bits per heavy atom. The molecule has 0 spiro atoms. The SMILES string of the molecule is CCOC(=O)/C(C#N)=C/C(N1CCCCC1(C)C)P(=O)(OC)OC. The number of carbonyl (C=O) groups excluding carboxylic acids is 1. The molecule has 1 aliphatic rings. The molecule has 0 aromatic rings. The van der Waals surface area contributed by atoms with Crippen molar-refractivity contribution < 1.29 is 23.1 Å². The van der Waals surface area contributed by atoms with E-state index >= 15 is 0 Å². The van der Waals surface area contributed by atoms with Gasteiger partial charge in [-0.3, -0.25) is 9.46 Å². The highest BCUT2D eigenvalue weighted by Gasteiger charge is 2.44. The van der Waals surface area contributed by atoms with Crippen LogP contribution in [0.4, 0.5) is 0 Å². The van der Waals surface area contributed by atoms with Crippen molar-refractivity contribution in [2.75, 3.05) is 27.4 Å². The number of carbonyl (C=O) groups is 1. The monoisotopic (exact) mass is 358 g/mol.